The van der Waals surface area contributed by atoms with Crippen LogP contribution in [0.15, 0.2) is 41.8 Å². The molecule has 1 aromatic heterocycles. The van der Waals surface area contributed by atoms with Crippen molar-refractivity contribution in [1.82, 2.24) is 9.88 Å². The van der Waals surface area contributed by atoms with Crippen molar-refractivity contribution in [2.45, 2.75) is 12.3 Å². The lowest BCUT2D eigenvalue weighted by molar-refractivity contribution is 0.101. The first-order chi connectivity index (χ1) is 17.2. The molecule has 3 aromatic rings. The summed E-state index contributed by atoms with van der Waals surface area (Å²) in [6, 6.07) is 9.40. The molecule has 0 saturated carbocycles. The number of carbonyl (C=O) groups is 1. The Bertz CT molecular complexity index is 1260. The second-order valence-electron chi connectivity index (χ2n) is 8.60. The fourth-order valence-corrected chi connectivity index (χ4v) is 5.08. The van der Waals surface area contributed by atoms with Crippen LogP contribution in [0, 0.1) is 24.0 Å². The van der Waals surface area contributed by atoms with Crippen molar-refractivity contribution < 1.29 is 18.7 Å². The summed E-state index contributed by atoms with van der Waals surface area (Å²) in [6.45, 7) is 4.92. The maximum atomic E-state index is 14.9. The van der Waals surface area contributed by atoms with Crippen LogP contribution in [0.3, 0.4) is 0 Å². The van der Waals surface area contributed by atoms with E-state index in [2.05, 4.69) is 21.1 Å². The number of carbonyl (C=O) groups excluding carboxylic acids is 1. The number of nitrogens with one attached hydrogen (secondary N) is 1. The van der Waals surface area contributed by atoms with E-state index in [-0.39, 0.29) is 11.7 Å². The highest BCUT2D eigenvalue weighted by Crippen LogP contribution is 2.34. The lowest BCUT2D eigenvalue weighted by Gasteiger charge is -2.35. The van der Waals surface area contributed by atoms with Crippen molar-refractivity contribution in [2.75, 3.05) is 49.5 Å². The molecule has 0 aliphatic carbocycles. The number of terminal acetylenes is 1. The van der Waals surface area contributed by atoms with Crippen molar-refractivity contribution in [3.63, 3.8) is 0 Å². The van der Waals surface area contributed by atoms with Gasteiger partial charge in [-0.25, -0.2) is 13.8 Å². The van der Waals surface area contributed by atoms with Gasteiger partial charge in [0.2, 0.25) is 0 Å². The number of hydrogen-bond acceptors (Lipinski definition) is 6. The second-order valence-corrected chi connectivity index (χ2v) is 9.90. The Hall–Kier alpha value is -3.03. The highest BCUT2D eigenvalue weighted by Gasteiger charge is 2.30. The molecule has 1 fully saturated rings. The molecule has 2 aromatic carbocycles. The molecule has 1 atom stereocenters. The van der Waals surface area contributed by atoms with Crippen LogP contribution in [0.4, 0.5) is 19.6 Å². The molecule has 36 heavy (non-hydrogen) atoms. The van der Waals surface area contributed by atoms with E-state index >= 15 is 0 Å². The number of β-amino-alcohol motifs (C(OH)–C–C–N with tert-alkyl or cyclic N) is 1. The standard InChI is InChI=1S/C26H25ClF2N4O2S/c1-3-26(2,17-4-6-18(27)7-5-17)22-16-36-25(30-22)31-24(35)23-20(28)14-19(15-21(23)29)33-10-8-32(9-11-33)12-13-34/h1,4-7,14-16,34H,8-13H2,2H3,(H,30,31,35)/t26-/m0/s1. The number of amides is 1. The van der Waals surface area contributed by atoms with E-state index in [1.165, 1.54) is 12.1 Å². The van der Waals surface area contributed by atoms with Gasteiger partial charge >= 0.3 is 0 Å². The number of aromatic nitrogens is 1. The van der Waals surface area contributed by atoms with Crippen molar-refractivity contribution in [3.05, 3.63) is 75.3 Å². The van der Waals surface area contributed by atoms with E-state index in [1.54, 1.807) is 29.6 Å². The molecule has 2 N–H and O–H groups in total. The van der Waals surface area contributed by atoms with Crippen LogP contribution in [0.2, 0.25) is 5.02 Å². The number of nitrogens with zero attached hydrogens (tertiary/aromatic N) is 3. The first-order valence-corrected chi connectivity index (χ1v) is 12.6. The minimum Gasteiger partial charge on any atom is -0.395 e. The third-order valence-electron chi connectivity index (χ3n) is 6.35. The number of aliphatic hydroxyl groups excluding tert-OH is 1. The molecular weight excluding hydrogens is 506 g/mol. The van der Waals surface area contributed by atoms with Crippen molar-refractivity contribution >= 4 is 39.7 Å². The SMILES string of the molecule is C#C[C@@](C)(c1ccc(Cl)cc1)c1csc(NC(=O)c2c(F)cc(N3CCN(CCO)CC3)cc2F)n1. The van der Waals surface area contributed by atoms with Gasteiger partial charge < -0.3 is 10.0 Å². The summed E-state index contributed by atoms with van der Waals surface area (Å²) in [7, 11) is 0. The summed E-state index contributed by atoms with van der Waals surface area (Å²) in [4.78, 5) is 21.1. The quantitative estimate of drug-likeness (QED) is 0.444. The van der Waals surface area contributed by atoms with Gasteiger partial charge in [0.05, 0.1) is 17.7 Å². The van der Waals surface area contributed by atoms with Gasteiger partial charge in [-0.2, -0.15) is 0 Å². The van der Waals surface area contributed by atoms with Crippen molar-refractivity contribution in [2.24, 2.45) is 0 Å². The average molecular weight is 531 g/mol. The molecule has 1 aliphatic rings. The Morgan fingerprint density at radius 1 is 1.22 bits per heavy atom. The number of halogens is 3. The Kier molecular flexibility index (Phi) is 7.91. The highest BCUT2D eigenvalue weighted by molar-refractivity contribution is 7.14. The predicted octanol–water partition coefficient (Wildman–Crippen LogP) is 4.38. The Balaban J connectivity index is 1.49. The van der Waals surface area contributed by atoms with E-state index in [0.29, 0.717) is 49.1 Å². The van der Waals surface area contributed by atoms with Crippen LogP contribution < -0.4 is 10.2 Å². The van der Waals surface area contributed by atoms with Gasteiger partial charge in [-0.1, -0.05) is 29.7 Å². The third-order valence-corrected chi connectivity index (χ3v) is 7.36. The Labute approximate surface area is 217 Å². The summed E-state index contributed by atoms with van der Waals surface area (Å²) >= 11 is 7.09. The van der Waals surface area contributed by atoms with Gasteiger partial charge in [-0.05, 0) is 36.8 Å². The lowest BCUT2D eigenvalue weighted by Crippen LogP contribution is -2.47. The normalized spacial score (nSPS) is 15.8. The fraction of sp³-hybridized carbons (Fsp3) is 0.308. The number of aliphatic hydroxyl groups is 1. The van der Waals surface area contributed by atoms with Crippen LogP contribution >= 0.6 is 22.9 Å². The maximum Gasteiger partial charge on any atom is 0.263 e. The molecular formula is C26H25ClF2N4O2S. The first-order valence-electron chi connectivity index (χ1n) is 11.3. The van der Waals surface area contributed by atoms with E-state index in [4.69, 9.17) is 23.1 Å². The van der Waals surface area contributed by atoms with E-state index < -0.39 is 28.5 Å². The zero-order chi connectivity index (χ0) is 25.9. The predicted molar refractivity (Wildman–Crippen MR) is 139 cm³/mol. The molecule has 10 heteroatoms. The summed E-state index contributed by atoms with van der Waals surface area (Å²) in [6.07, 6.45) is 5.83. The van der Waals surface area contributed by atoms with E-state index in [0.717, 1.165) is 16.9 Å². The highest BCUT2D eigenvalue weighted by atomic mass is 35.5. The Morgan fingerprint density at radius 2 is 1.86 bits per heavy atom. The molecule has 4 rings (SSSR count). The second kappa shape index (κ2) is 10.9. The molecule has 2 heterocycles. The molecule has 0 radical (unpaired) electrons. The molecule has 188 valence electrons. The van der Waals surface area contributed by atoms with Gasteiger partial charge in [0.15, 0.2) is 5.13 Å². The van der Waals surface area contributed by atoms with Crippen molar-refractivity contribution in [1.29, 1.82) is 0 Å². The minimum absolute atomic E-state index is 0.0662. The molecule has 1 saturated heterocycles. The van der Waals surface area contributed by atoms with Gasteiger partial charge in [-0.15, -0.1) is 17.8 Å². The summed E-state index contributed by atoms with van der Waals surface area (Å²) in [5.74, 6) is -0.0932. The van der Waals surface area contributed by atoms with Crippen LogP contribution in [-0.4, -0.2) is 60.2 Å². The van der Waals surface area contributed by atoms with Crippen LogP contribution in [0.1, 0.15) is 28.5 Å². The Morgan fingerprint density at radius 3 is 2.44 bits per heavy atom. The van der Waals surface area contributed by atoms with Gasteiger partial charge in [0, 0.05) is 48.8 Å². The monoisotopic (exact) mass is 530 g/mol. The molecule has 1 amide bonds. The molecule has 1 aliphatic heterocycles. The summed E-state index contributed by atoms with van der Waals surface area (Å²) in [5.41, 5.74) is 0.122. The van der Waals surface area contributed by atoms with Gasteiger partial charge in [-0.3, -0.25) is 15.0 Å². The number of anilines is 2. The smallest absolute Gasteiger partial charge is 0.263 e. The lowest BCUT2D eigenvalue weighted by atomic mass is 9.81. The first kappa shape index (κ1) is 26.0. The zero-order valence-electron chi connectivity index (χ0n) is 19.6. The van der Waals surface area contributed by atoms with Crippen LogP contribution in [-0.2, 0) is 5.41 Å². The topological polar surface area (TPSA) is 68.7 Å². The third kappa shape index (κ3) is 5.37. The number of thiazole rings is 1. The molecule has 6 nitrogen and oxygen atoms in total. The minimum atomic E-state index is -0.952. The van der Waals surface area contributed by atoms with Crippen LogP contribution in [0.5, 0.6) is 0 Å². The van der Waals surface area contributed by atoms with Gasteiger partial charge in [0.1, 0.15) is 17.2 Å². The average Bonchev–Trinajstić information content (AvgIpc) is 3.33. The number of hydrogen-bond donors (Lipinski definition) is 2. The van der Waals surface area contributed by atoms with Crippen LogP contribution in [0.25, 0.3) is 0 Å². The van der Waals surface area contributed by atoms with E-state index in [1.807, 2.05) is 11.8 Å². The summed E-state index contributed by atoms with van der Waals surface area (Å²) in [5, 5.41) is 14.0. The van der Waals surface area contributed by atoms with E-state index in [9.17, 15) is 13.6 Å². The largest absolute Gasteiger partial charge is 0.395 e. The molecule has 0 spiro atoms. The fourth-order valence-electron chi connectivity index (χ4n) is 4.14. The zero-order valence-corrected chi connectivity index (χ0v) is 21.2. The summed E-state index contributed by atoms with van der Waals surface area (Å²) < 4.78 is 29.8. The number of benzene rings is 2. The van der Waals surface area contributed by atoms with Crippen molar-refractivity contribution in [3.8, 4) is 12.3 Å². The number of piperazine rings is 1. The van der Waals surface area contributed by atoms with Gasteiger partial charge in [0.25, 0.3) is 5.91 Å². The number of rotatable bonds is 7. The maximum absolute atomic E-state index is 14.9. The molecule has 0 unspecified atom stereocenters. The molecule has 0 bridgehead atoms.